The number of nitrogens with one attached hydrogen (secondary N) is 1. The smallest absolute Gasteiger partial charge is 0.326 e. The first-order chi connectivity index (χ1) is 17.9. The third-order valence-corrected chi connectivity index (χ3v) is 6.37. The van der Waals surface area contributed by atoms with Gasteiger partial charge in [-0.15, -0.1) is 0 Å². The number of rotatable bonds is 8. The fraction of sp³-hybridized carbons (Fsp3) is 0.536. The number of nitrogens with zero attached hydrogens (tertiary/aromatic N) is 3. The summed E-state index contributed by atoms with van der Waals surface area (Å²) in [6.07, 6.45) is 0.752. The first kappa shape index (κ1) is 28.0. The minimum atomic E-state index is -0.926. The molecule has 2 aromatic heterocycles. The van der Waals surface area contributed by atoms with Gasteiger partial charge in [0.25, 0.3) is 5.56 Å². The lowest BCUT2D eigenvalue weighted by atomic mass is 10.1. The SMILES string of the molecule is Cc1cc(-c2nc3cc(CNC(C(=O)OC(C)(C)C)C(C)O)ccc3n2CC2COCCO2)cn(C)c1=O. The number of hydrogen-bond donors (Lipinski definition) is 2. The maximum atomic E-state index is 12.6. The fourth-order valence-electron chi connectivity index (χ4n) is 4.58. The molecule has 3 unspecified atom stereocenters. The Morgan fingerprint density at radius 2 is 2.05 bits per heavy atom. The van der Waals surface area contributed by atoms with E-state index >= 15 is 0 Å². The molecule has 0 aliphatic carbocycles. The molecule has 1 aliphatic rings. The third-order valence-electron chi connectivity index (χ3n) is 6.37. The van der Waals surface area contributed by atoms with Crippen molar-refractivity contribution in [2.24, 2.45) is 7.05 Å². The number of aliphatic hydroxyl groups is 1. The van der Waals surface area contributed by atoms with Crippen LogP contribution in [0.25, 0.3) is 22.4 Å². The zero-order valence-corrected chi connectivity index (χ0v) is 23.0. The van der Waals surface area contributed by atoms with Gasteiger partial charge in [-0.3, -0.25) is 14.9 Å². The van der Waals surface area contributed by atoms with Crippen LogP contribution in [0.2, 0.25) is 0 Å². The van der Waals surface area contributed by atoms with Crippen LogP contribution in [-0.4, -0.2) is 68.9 Å². The number of carbonyl (C=O) groups excluding carboxylic acids is 1. The molecule has 0 spiro atoms. The molecular weight excluding hydrogens is 488 g/mol. The Morgan fingerprint density at radius 1 is 1.29 bits per heavy atom. The number of carbonyl (C=O) groups is 1. The van der Waals surface area contributed by atoms with E-state index in [1.807, 2.05) is 24.3 Å². The van der Waals surface area contributed by atoms with Crippen LogP contribution in [0, 0.1) is 6.92 Å². The van der Waals surface area contributed by atoms with Crippen LogP contribution in [0.4, 0.5) is 0 Å². The highest BCUT2D eigenvalue weighted by atomic mass is 16.6. The molecule has 1 aromatic carbocycles. The van der Waals surface area contributed by atoms with Crippen LogP contribution in [0.1, 0.15) is 38.8 Å². The summed E-state index contributed by atoms with van der Waals surface area (Å²) in [5.41, 5.74) is 3.36. The van der Waals surface area contributed by atoms with Crippen LogP contribution >= 0.6 is 0 Å². The third kappa shape index (κ3) is 6.50. The summed E-state index contributed by atoms with van der Waals surface area (Å²) in [6.45, 7) is 11.3. The number of pyridine rings is 1. The molecule has 3 atom stereocenters. The van der Waals surface area contributed by atoms with E-state index in [0.717, 1.165) is 28.0 Å². The molecular formula is C28H38N4O6. The number of aliphatic hydroxyl groups excluding tert-OH is 1. The van der Waals surface area contributed by atoms with Crippen molar-refractivity contribution in [3.63, 3.8) is 0 Å². The maximum absolute atomic E-state index is 12.6. The average molecular weight is 527 g/mol. The second kappa shape index (κ2) is 11.4. The number of fused-ring (bicyclic) bond motifs is 1. The van der Waals surface area contributed by atoms with Crippen LogP contribution in [0.15, 0.2) is 35.3 Å². The quantitative estimate of drug-likeness (QED) is 0.430. The van der Waals surface area contributed by atoms with E-state index in [-0.39, 0.29) is 11.7 Å². The van der Waals surface area contributed by atoms with Gasteiger partial charge in [-0.25, -0.2) is 4.98 Å². The molecule has 0 bridgehead atoms. The van der Waals surface area contributed by atoms with Gasteiger partial charge in [0.2, 0.25) is 0 Å². The highest BCUT2D eigenvalue weighted by molar-refractivity contribution is 5.81. The van der Waals surface area contributed by atoms with Gasteiger partial charge in [0.05, 0.1) is 49.6 Å². The van der Waals surface area contributed by atoms with E-state index in [0.29, 0.717) is 38.5 Å². The Kier molecular flexibility index (Phi) is 8.37. The lowest BCUT2D eigenvalue weighted by Gasteiger charge is -2.26. The summed E-state index contributed by atoms with van der Waals surface area (Å²) in [5.74, 6) is 0.230. The second-order valence-electron chi connectivity index (χ2n) is 10.9. The van der Waals surface area contributed by atoms with Crippen molar-refractivity contribution >= 4 is 17.0 Å². The zero-order valence-electron chi connectivity index (χ0n) is 23.0. The second-order valence-corrected chi connectivity index (χ2v) is 10.9. The van der Waals surface area contributed by atoms with Gasteiger partial charge < -0.3 is 28.5 Å². The molecule has 10 heteroatoms. The zero-order chi connectivity index (χ0) is 27.6. The first-order valence-corrected chi connectivity index (χ1v) is 12.9. The highest BCUT2D eigenvalue weighted by Crippen LogP contribution is 2.27. The summed E-state index contributed by atoms with van der Waals surface area (Å²) in [6, 6.07) is 6.91. The number of esters is 1. The molecule has 206 valence electrons. The van der Waals surface area contributed by atoms with Crippen molar-refractivity contribution in [1.29, 1.82) is 0 Å². The fourth-order valence-corrected chi connectivity index (χ4v) is 4.58. The topological polar surface area (TPSA) is 117 Å². The van der Waals surface area contributed by atoms with Gasteiger partial charge in [-0.2, -0.15) is 0 Å². The first-order valence-electron chi connectivity index (χ1n) is 12.9. The van der Waals surface area contributed by atoms with Gasteiger partial charge in [-0.1, -0.05) is 6.07 Å². The molecule has 1 fully saturated rings. The highest BCUT2D eigenvalue weighted by Gasteiger charge is 2.28. The maximum Gasteiger partial charge on any atom is 0.326 e. The molecule has 0 amide bonds. The molecule has 2 N–H and O–H groups in total. The summed E-state index contributed by atoms with van der Waals surface area (Å²) in [5, 5.41) is 13.3. The number of hydrogen-bond acceptors (Lipinski definition) is 8. The van der Waals surface area contributed by atoms with Gasteiger partial charge in [-0.05, 0) is 58.4 Å². The van der Waals surface area contributed by atoms with Crippen molar-refractivity contribution in [1.82, 2.24) is 19.4 Å². The number of aryl methyl sites for hydroxylation is 2. The summed E-state index contributed by atoms with van der Waals surface area (Å²) in [7, 11) is 1.73. The Labute approximate surface area is 222 Å². The van der Waals surface area contributed by atoms with Gasteiger partial charge in [0.15, 0.2) is 0 Å². The molecule has 0 radical (unpaired) electrons. The van der Waals surface area contributed by atoms with Gasteiger partial charge in [0, 0.05) is 30.9 Å². The van der Waals surface area contributed by atoms with Crippen molar-refractivity contribution in [2.45, 2.75) is 71.6 Å². The van der Waals surface area contributed by atoms with E-state index in [4.69, 9.17) is 19.2 Å². The van der Waals surface area contributed by atoms with Crippen LogP contribution < -0.4 is 10.9 Å². The number of imidazole rings is 1. The Balaban J connectivity index is 1.66. The average Bonchev–Trinajstić information content (AvgIpc) is 3.19. The van der Waals surface area contributed by atoms with Crippen molar-refractivity contribution < 1.29 is 24.1 Å². The molecule has 10 nitrogen and oxygen atoms in total. The van der Waals surface area contributed by atoms with Gasteiger partial charge >= 0.3 is 5.97 Å². The van der Waals surface area contributed by atoms with Crippen LogP contribution in [-0.2, 0) is 39.1 Å². The molecule has 3 heterocycles. The summed E-state index contributed by atoms with van der Waals surface area (Å²) < 4.78 is 20.7. The predicted octanol–water partition coefficient (Wildman–Crippen LogP) is 2.31. The lowest BCUT2D eigenvalue weighted by Crippen LogP contribution is -2.47. The van der Waals surface area contributed by atoms with Gasteiger partial charge in [0.1, 0.15) is 17.5 Å². The van der Waals surface area contributed by atoms with E-state index < -0.39 is 23.7 Å². The monoisotopic (exact) mass is 526 g/mol. The number of ether oxygens (including phenoxy) is 3. The van der Waals surface area contributed by atoms with E-state index in [1.165, 1.54) is 0 Å². The van der Waals surface area contributed by atoms with E-state index in [1.54, 1.807) is 52.4 Å². The molecule has 4 rings (SSSR count). The Morgan fingerprint density at radius 3 is 2.68 bits per heavy atom. The lowest BCUT2D eigenvalue weighted by molar-refractivity contribution is -0.160. The summed E-state index contributed by atoms with van der Waals surface area (Å²) in [4.78, 5) is 29.9. The largest absolute Gasteiger partial charge is 0.459 e. The van der Waals surface area contributed by atoms with Crippen molar-refractivity contribution in [3.8, 4) is 11.4 Å². The number of aromatic nitrogens is 3. The minimum absolute atomic E-state index is 0.0496. The molecule has 1 saturated heterocycles. The Hall–Kier alpha value is -3.05. The summed E-state index contributed by atoms with van der Waals surface area (Å²) >= 11 is 0. The molecule has 3 aromatic rings. The normalized spacial score (nSPS) is 17.9. The van der Waals surface area contributed by atoms with Crippen LogP contribution in [0.3, 0.4) is 0 Å². The van der Waals surface area contributed by atoms with E-state index in [2.05, 4.69) is 9.88 Å². The number of benzene rings is 1. The molecule has 0 saturated carbocycles. The van der Waals surface area contributed by atoms with E-state index in [9.17, 15) is 14.7 Å². The van der Waals surface area contributed by atoms with Crippen LogP contribution in [0.5, 0.6) is 0 Å². The Bertz CT molecular complexity index is 1320. The van der Waals surface area contributed by atoms with Crippen molar-refractivity contribution in [3.05, 3.63) is 51.9 Å². The standard InChI is InChI=1S/C28H38N4O6/c1-17-11-20(14-31(6)26(17)34)25-30-22-12-19(13-29-24(18(2)33)27(35)38-28(3,4)5)7-8-23(22)32(25)15-21-16-36-9-10-37-21/h7-8,11-12,14,18,21,24,29,33H,9-10,13,15-16H2,1-6H3. The minimum Gasteiger partial charge on any atom is -0.459 e. The molecule has 38 heavy (non-hydrogen) atoms. The molecule has 1 aliphatic heterocycles. The van der Waals surface area contributed by atoms with Crippen molar-refractivity contribution in [2.75, 3.05) is 19.8 Å². The predicted molar refractivity (Wildman–Crippen MR) is 144 cm³/mol.